The first-order valence-corrected chi connectivity index (χ1v) is 6.91. The van der Waals surface area contributed by atoms with Crippen molar-refractivity contribution in [3.8, 4) is 0 Å². The van der Waals surface area contributed by atoms with E-state index in [-0.39, 0.29) is 5.57 Å². The zero-order valence-corrected chi connectivity index (χ0v) is 12.4. The first kappa shape index (κ1) is 15.7. The van der Waals surface area contributed by atoms with E-state index in [9.17, 15) is 9.90 Å². The number of methoxy groups -OCH3 is 1. The van der Waals surface area contributed by atoms with Gasteiger partial charge >= 0.3 is 5.97 Å². The van der Waals surface area contributed by atoms with Crippen molar-refractivity contribution in [2.24, 2.45) is 0 Å². The van der Waals surface area contributed by atoms with Crippen molar-refractivity contribution in [1.29, 1.82) is 0 Å². The lowest BCUT2D eigenvalue weighted by molar-refractivity contribution is -0.136. The fraction of sp³-hybridized carbons (Fsp3) is 0.105. The molecule has 3 heteroatoms. The Morgan fingerprint density at radius 2 is 1.50 bits per heavy atom. The maximum atomic E-state index is 11.5. The van der Waals surface area contributed by atoms with Crippen LogP contribution in [0.15, 0.2) is 78.9 Å². The van der Waals surface area contributed by atoms with Gasteiger partial charge in [-0.3, -0.25) is 0 Å². The number of rotatable bonds is 5. The van der Waals surface area contributed by atoms with Crippen LogP contribution in [-0.4, -0.2) is 24.3 Å². The van der Waals surface area contributed by atoms with Gasteiger partial charge in [0.1, 0.15) is 6.10 Å². The topological polar surface area (TPSA) is 46.5 Å². The number of carbonyl (C=O) groups excluding carboxylic acids is 1. The normalized spacial score (nSPS) is 11.4. The molecule has 1 atom stereocenters. The van der Waals surface area contributed by atoms with E-state index in [2.05, 4.69) is 11.3 Å². The zero-order valence-electron chi connectivity index (χ0n) is 12.4. The molecule has 0 bridgehead atoms. The minimum Gasteiger partial charge on any atom is -0.466 e. The molecule has 0 aliphatic heterocycles. The van der Waals surface area contributed by atoms with E-state index in [0.717, 1.165) is 16.7 Å². The SMILES string of the molecule is C=C(C(=O)OC)C(O)C=C(c1ccccc1)c1ccccc1. The van der Waals surface area contributed by atoms with Gasteiger partial charge in [0.05, 0.1) is 12.7 Å². The Morgan fingerprint density at radius 1 is 1.05 bits per heavy atom. The summed E-state index contributed by atoms with van der Waals surface area (Å²) in [6, 6.07) is 19.4. The summed E-state index contributed by atoms with van der Waals surface area (Å²) >= 11 is 0. The molecule has 2 rings (SSSR count). The summed E-state index contributed by atoms with van der Waals surface area (Å²) in [6.45, 7) is 3.60. The lowest BCUT2D eigenvalue weighted by Gasteiger charge is -2.13. The summed E-state index contributed by atoms with van der Waals surface area (Å²) in [5.41, 5.74) is 2.74. The molecule has 0 amide bonds. The summed E-state index contributed by atoms with van der Waals surface area (Å²) < 4.78 is 4.60. The third-order valence-electron chi connectivity index (χ3n) is 3.30. The van der Waals surface area contributed by atoms with E-state index < -0.39 is 12.1 Å². The zero-order chi connectivity index (χ0) is 15.9. The standard InChI is InChI=1S/C19H18O3/c1-14(19(21)22-2)18(20)13-17(15-9-5-3-6-10-15)16-11-7-4-8-12-16/h3-13,18,20H,1H2,2H3. The van der Waals surface area contributed by atoms with Crippen molar-refractivity contribution in [3.05, 3.63) is 90.0 Å². The number of aliphatic hydroxyl groups excluding tert-OH is 1. The lowest BCUT2D eigenvalue weighted by Crippen LogP contribution is -2.16. The van der Waals surface area contributed by atoms with Gasteiger partial charge in [0, 0.05) is 0 Å². The quantitative estimate of drug-likeness (QED) is 0.680. The van der Waals surface area contributed by atoms with Gasteiger partial charge < -0.3 is 9.84 Å². The molecule has 112 valence electrons. The molecular formula is C19H18O3. The second kappa shape index (κ2) is 7.38. The number of hydrogen-bond acceptors (Lipinski definition) is 3. The van der Waals surface area contributed by atoms with Crippen molar-refractivity contribution >= 4 is 11.5 Å². The van der Waals surface area contributed by atoms with E-state index in [1.54, 1.807) is 6.08 Å². The van der Waals surface area contributed by atoms with Crippen LogP contribution in [0.25, 0.3) is 5.57 Å². The summed E-state index contributed by atoms with van der Waals surface area (Å²) in [7, 11) is 1.26. The second-order valence-corrected chi connectivity index (χ2v) is 4.77. The highest BCUT2D eigenvalue weighted by atomic mass is 16.5. The predicted octanol–water partition coefficient (Wildman–Crippen LogP) is 3.21. The smallest absolute Gasteiger partial charge is 0.336 e. The number of ether oxygens (including phenoxy) is 1. The van der Waals surface area contributed by atoms with Gasteiger partial charge in [0.25, 0.3) is 0 Å². The molecule has 22 heavy (non-hydrogen) atoms. The number of esters is 1. The predicted molar refractivity (Wildman–Crippen MR) is 87.1 cm³/mol. The van der Waals surface area contributed by atoms with E-state index in [0.29, 0.717) is 0 Å². The van der Waals surface area contributed by atoms with Crippen molar-refractivity contribution in [2.45, 2.75) is 6.10 Å². The molecule has 0 saturated carbocycles. The average molecular weight is 294 g/mol. The third kappa shape index (κ3) is 3.71. The van der Waals surface area contributed by atoms with Crippen LogP contribution in [0, 0.1) is 0 Å². The van der Waals surface area contributed by atoms with Crippen LogP contribution in [0.5, 0.6) is 0 Å². The number of aliphatic hydroxyl groups is 1. The van der Waals surface area contributed by atoms with E-state index in [4.69, 9.17) is 0 Å². The van der Waals surface area contributed by atoms with E-state index >= 15 is 0 Å². The fourth-order valence-corrected chi connectivity index (χ4v) is 2.10. The Morgan fingerprint density at radius 3 is 1.91 bits per heavy atom. The van der Waals surface area contributed by atoms with Crippen LogP contribution < -0.4 is 0 Å². The summed E-state index contributed by atoms with van der Waals surface area (Å²) in [6.07, 6.45) is 0.507. The van der Waals surface area contributed by atoms with Crippen molar-refractivity contribution in [3.63, 3.8) is 0 Å². The largest absolute Gasteiger partial charge is 0.466 e. The van der Waals surface area contributed by atoms with Crippen molar-refractivity contribution in [2.75, 3.05) is 7.11 Å². The number of carbonyl (C=O) groups is 1. The molecule has 2 aromatic carbocycles. The minimum absolute atomic E-state index is 0.00635. The van der Waals surface area contributed by atoms with Gasteiger partial charge in [0.15, 0.2) is 0 Å². The van der Waals surface area contributed by atoms with Crippen LogP contribution in [0.1, 0.15) is 11.1 Å². The Hall–Kier alpha value is -2.65. The highest BCUT2D eigenvalue weighted by Crippen LogP contribution is 2.24. The van der Waals surface area contributed by atoms with Gasteiger partial charge in [-0.05, 0) is 22.8 Å². The van der Waals surface area contributed by atoms with Gasteiger partial charge in [-0.2, -0.15) is 0 Å². The summed E-state index contributed by atoms with van der Waals surface area (Å²) in [5, 5.41) is 10.2. The summed E-state index contributed by atoms with van der Waals surface area (Å²) in [5.74, 6) is -0.621. The molecule has 2 aromatic rings. The van der Waals surface area contributed by atoms with Crippen LogP contribution in [0.2, 0.25) is 0 Å². The fourth-order valence-electron chi connectivity index (χ4n) is 2.10. The van der Waals surface area contributed by atoms with Gasteiger partial charge in [-0.1, -0.05) is 67.2 Å². The van der Waals surface area contributed by atoms with Gasteiger partial charge in [-0.15, -0.1) is 0 Å². The molecular weight excluding hydrogens is 276 g/mol. The molecule has 0 aliphatic rings. The lowest BCUT2D eigenvalue weighted by atomic mass is 9.95. The highest BCUT2D eigenvalue weighted by Gasteiger charge is 2.16. The average Bonchev–Trinajstić information content (AvgIpc) is 2.59. The maximum Gasteiger partial charge on any atom is 0.336 e. The Bertz CT molecular complexity index is 631. The second-order valence-electron chi connectivity index (χ2n) is 4.77. The number of hydrogen-bond donors (Lipinski definition) is 1. The van der Waals surface area contributed by atoms with Crippen molar-refractivity contribution < 1.29 is 14.6 Å². The first-order valence-electron chi connectivity index (χ1n) is 6.91. The van der Waals surface area contributed by atoms with Gasteiger partial charge in [0.2, 0.25) is 0 Å². The summed E-state index contributed by atoms with van der Waals surface area (Å²) in [4.78, 5) is 11.5. The van der Waals surface area contributed by atoms with E-state index in [1.807, 2.05) is 60.7 Å². The molecule has 3 nitrogen and oxygen atoms in total. The number of benzene rings is 2. The van der Waals surface area contributed by atoms with Crippen LogP contribution in [0.4, 0.5) is 0 Å². The van der Waals surface area contributed by atoms with Crippen LogP contribution in [-0.2, 0) is 9.53 Å². The van der Waals surface area contributed by atoms with Crippen molar-refractivity contribution in [1.82, 2.24) is 0 Å². The molecule has 1 unspecified atom stereocenters. The Kier molecular flexibility index (Phi) is 5.28. The molecule has 0 saturated heterocycles. The van der Waals surface area contributed by atoms with E-state index in [1.165, 1.54) is 7.11 Å². The Balaban J connectivity index is 2.43. The van der Waals surface area contributed by atoms with Crippen LogP contribution in [0.3, 0.4) is 0 Å². The molecule has 1 N–H and O–H groups in total. The third-order valence-corrected chi connectivity index (χ3v) is 3.30. The van der Waals surface area contributed by atoms with Crippen LogP contribution >= 0.6 is 0 Å². The highest BCUT2D eigenvalue weighted by molar-refractivity contribution is 5.90. The minimum atomic E-state index is -1.11. The molecule has 0 spiro atoms. The van der Waals surface area contributed by atoms with Gasteiger partial charge in [-0.25, -0.2) is 4.79 Å². The Labute approximate surface area is 130 Å². The monoisotopic (exact) mass is 294 g/mol. The maximum absolute atomic E-state index is 11.5. The molecule has 0 fully saturated rings. The molecule has 0 radical (unpaired) electrons. The molecule has 0 heterocycles. The molecule has 0 aromatic heterocycles. The molecule has 0 aliphatic carbocycles. The first-order chi connectivity index (χ1) is 10.6.